The molecule has 0 saturated heterocycles. The minimum absolute atomic E-state index is 0.0499. The van der Waals surface area contributed by atoms with Crippen molar-refractivity contribution in [3.63, 3.8) is 0 Å². The number of fused-ring (bicyclic) bond motifs is 2. The van der Waals surface area contributed by atoms with E-state index in [1.807, 2.05) is 0 Å². The number of hydrogen-bond acceptors (Lipinski definition) is 9. The molecule has 0 spiro atoms. The van der Waals surface area contributed by atoms with E-state index in [1.54, 1.807) is 48.5 Å². The van der Waals surface area contributed by atoms with Crippen molar-refractivity contribution >= 4 is 34.2 Å². The van der Waals surface area contributed by atoms with E-state index in [4.69, 9.17) is 23.7 Å². The van der Waals surface area contributed by atoms with Crippen molar-refractivity contribution in [3.8, 4) is 23.0 Å². The highest BCUT2D eigenvalue weighted by Gasteiger charge is 2.46. The predicted molar refractivity (Wildman–Crippen MR) is 157 cm³/mol. The molecule has 0 radical (unpaired) electrons. The molecule has 5 rings (SSSR count). The number of thiazole rings is 1. The van der Waals surface area contributed by atoms with Crippen molar-refractivity contribution in [2.45, 2.75) is 19.1 Å². The van der Waals surface area contributed by atoms with Gasteiger partial charge in [0.25, 0.3) is 5.56 Å². The summed E-state index contributed by atoms with van der Waals surface area (Å²) in [4.78, 5) is 31.1. The highest BCUT2D eigenvalue weighted by molar-refractivity contribution is 7.07. The molecule has 13 heteroatoms. The number of rotatable bonds is 8. The number of methoxy groups -OCH3 is 4. The largest absolute Gasteiger partial charge is 0.496 e. The SMILES string of the molecule is CCOC(=O)C1=C(C(F)(F)F)N=c2s/c(=C\c3cc(OC)c(OC)c(OC)c3)c(=O)n2[C@H]1c1c(OC)ccc2ccccc12. The molecule has 1 aromatic heterocycles. The van der Waals surface area contributed by atoms with Crippen molar-refractivity contribution in [3.05, 3.63) is 90.6 Å². The van der Waals surface area contributed by atoms with Crippen LogP contribution in [0.15, 0.2) is 69.6 Å². The van der Waals surface area contributed by atoms with Crippen molar-refractivity contribution in [1.82, 2.24) is 4.57 Å². The average Bonchev–Trinajstić information content (AvgIpc) is 3.32. The van der Waals surface area contributed by atoms with E-state index in [0.29, 0.717) is 33.6 Å². The van der Waals surface area contributed by atoms with Crippen LogP contribution in [0.4, 0.5) is 13.2 Å². The van der Waals surface area contributed by atoms with Crippen molar-refractivity contribution in [1.29, 1.82) is 0 Å². The number of ether oxygens (including phenoxy) is 5. The number of benzene rings is 3. The van der Waals surface area contributed by atoms with E-state index in [0.717, 1.165) is 15.9 Å². The van der Waals surface area contributed by atoms with Gasteiger partial charge in [0.1, 0.15) is 11.8 Å². The van der Waals surface area contributed by atoms with Gasteiger partial charge in [-0.15, -0.1) is 0 Å². The molecular weight excluding hydrogens is 601 g/mol. The second kappa shape index (κ2) is 12.1. The summed E-state index contributed by atoms with van der Waals surface area (Å²) in [5.74, 6) is -0.118. The van der Waals surface area contributed by atoms with Crippen LogP contribution in [0.25, 0.3) is 16.8 Å². The zero-order valence-electron chi connectivity index (χ0n) is 24.3. The molecule has 4 aromatic rings. The average molecular weight is 629 g/mol. The first kappa shape index (κ1) is 30.7. The van der Waals surface area contributed by atoms with Gasteiger partial charge >= 0.3 is 12.1 Å². The predicted octanol–water partition coefficient (Wildman–Crippen LogP) is 4.53. The van der Waals surface area contributed by atoms with Gasteiger partial charge in [-0.2, -0.15) is 13.2 Å². The molecule has 1 aliphatic heterocycles. The minimum atomic E-state index is -5.05. The highest BCUT2D eigenvalue weighted by Crippen LogP contribution is 2.44. The van der Waals surface area contributed by atoms with Gasteiger partial charge < -0.3 is 23.7 Å². The Hall–Kier alpha value is -4.78. The molecule has 3 aromatic carbocycles. The Kier molecular flexibility index (Phi) is 8.42. The first-order valence-corrected chi connectivity index (χ1v) is 14.0. The standard InChI is InChI=1S/C31H27F3N2O7S/c1-6-43-29(38)24-25(23-18-10-8-7-9-17(18)11-12-19(23)39-2)36-28(37)22(44-30(36)35-27(24)31(32,33)34)15-16-13-20(40-3)26(42-5)21(14-16)41-4/h7-15,25H,6H2,1-5H3/b22-15-/t25-/m0/s1. The Bertz CT molecular complexity index is 1950. The van der Waals surface area contributed by atoms with Crippen LogP contribution in [0.2, 0.25) is 0 Å². The second-order valence-corrected chi connectivity index (χ2v) is 10.4. The number of carbonyl (C=O) groups is 1. The number of nitrogens with zero attached hydrogens (tertiary/aromatic N) is 2. The molecule has 1 aliphatic rings. The molecule has 44 heavy (non-hydrogen) atoms. The van der Waals surface area contributed by atoms with Crippen LogP contribution in [0.5, 0.6) is 23.0 Å². The lowest BCUT2D eigenvalue weighted by atomic mass is 9.90. The summed E-state index contributed by atoms with van der Waals surface area (Å²) in [7, 11) is 5.67. The van der Waals surface area contributed by atoms with E-state index in [2.05, 4.69) is 4.99 Å². The van der Waals surface area contributed by atoms with Crippen molar-refractivity contribution in [2.24, 2.45) is 4.99 Å². The van der Waals surface area contributed by atoms with Crippen LogP contribution >= 0.6 is 11.3 Å². The molecule has 1 atom stereocenters. The summed E-state index contributed by atoms with van der Waals surface area (Å²) in [5.41, 5.74) is -2.31. The Morgan fingerprint density at radius 3 is 2.23 bits per heavy atom. The third kappa shape index (κ3) is 5.27. The number of esters is 1. The second-order valence-electron chi connectivity index (χ2n) is 9.42. The fraction of sp³-hybridized carbons (Fsp3) is 0.258. The smallest absolute Gasteiger partial charge is 0.434 e. The Balaban J connectivity index is 1.90. The van der Waals surface area contributed by atoms with Gasteiger partial charge in [0.2, 0.25) is 5.75 Å². The number of hydrogen-bond donors (Lipinski definition) is 0. The molecule has 0 fully saturated rings. The first-order chi connectivity index (χ1) is 21.1. The zero-order chi connectivity index (χ0) is 31.8. The lowest BCUT2D eigenvalue weighted by Crippen LogP contribution is -2.41. The van der Waals surface area contributed by atoms with Gasteiger partial charge in [-0.25, -0.2) is 9.79 Å². The van der Waals surface area contributed by atoms with Gasteiger partial charge in [0.05, 0.1) is 45.2 Å². The Labute approximate surface area is 253 Å². The number of aromatic nitrogens is 1. The molecule has 2 heterocycles. The molecule has 0 saturated carbocycles. The summed E-state index contributed by atoms with van der Waals surface area (Å²) in [6.45, 7) is 1.28. The first-order valence-electron chi connectivity index (χ1n) is 13.2. The maximum Gasteiger partial charge on any atom is 0.434 e. The fourth-order valence-corrected chi connectivity index (χ4v) is 6.19. The molecule has 0 aliphatic carbocycles. The molecule has 0 N–H and O–H groups in total. The molecular formula is C31H27F3N2O7S. The quantitative estimate of drug-likeness (QED) is 0.265. The van der Waals surface area contributed by atoms with Crippen molar-refractivity contribution < 1.29 is 41.7 Å². The molecule has 0 amide bonds. The van der Waals surface area contributed by atoms with E-state index < -0.39 is 35.0 Å². The maximum atomic E-state index is 14.6. The van der Waals surface area contributed by atoms with Crippen LogP contribution in [0, 0.1) is 0 Å². The Morgan fingerprint density at radius 2 is 1.64 bits per heavy atom. The normalized spacial score (nSPS) is 15.1. The van der Waals surface area contributed by atoms with Crippen LogP contribution in [-0.2, 0) is 9.53 Å². The molecule has 9 nitrogen and oxygen atoms in total. The van der Waals surface area contributed by atoms with Gasteiger partial charge in [-0.3, -0.25) is 9.36 Å². The number of alkyl halides is 3. The lowest BCUT2D eigenvalue weighted by Gasteiger charge is -2.28. The summed E-state index contributed by atoms with van der Waals surface area (Å²) in [6, 6.07) is 11.9. The van der Waals surface area contributed by atoms with Crippen molar-refractivity contribution in [2.75, 3.05) is 35.0 Å². The van der Waals surface area contributed by atoms with Crippen LogP contribution in [0.3, 0.4) is 0 Å². The molecule has 0 bridgehead atoms. The molecule has 0 unspecified atom stereocenters. The number of halogens is 3. The lowest BCUT2D eigenvalue weighted by molar-refractivity contribution is -0.140. The van der Waals surface area contributed by atoms with E-state index in [1.165, 1.54) is 41.4 Å². The number of allylic oxidation sites excluding steroid dienone is 1. The van der Waals surface area contributed by atoms with Crippen LogP contribution in [-0.4, -0.2) is 51.8 Å². The molecule has 230 valence electrons. The van der Waals surface area contributed by atoms with Crippen LogP contribution in [0.1, 0.15) is 24.1 Å². The number of carbonyl (C=O) groups excluding carboxylic acids is 1. The fourth-order valence-electron chi connectivity index (χ4n) is 5.19. The minimum Gasteiger partial charge on any atom is -0.496 e. The van der Waals surface area contributed by atoms with E-state index in [9.17, 15) is 22.8 Å². The van der Waals surface area contributed by atoms with E-state index >= 15 is 0 Å². The topological polar surface area (TPSA) is 97.6 Å². The van der Waals surface area contributed by atoms with Gasteiger partial charge in [-0.1, -0.05) is 41.7 Å². The monoisotopic (exact) mass is 628 g/mol. The maximum absolute atomic E-state index is 14.6. The van der Waals surface area contributed by atoms with Gasteiger partial charge in [-0.05, 0) is 47.5 Å². The summed E-state index contributed by atoms with van der Waals surface area (Å²) in [6.07, 6.45) is -3.57. The third-order valence-electron chi connectivity index (χ3n) is 7.00. The van der Waals surface area contributed by atoms with E-state index in [-0.39, 0.29) is 27.3 Å². The zero-order valence-corrected chi connectivity index (χ0v) is 25.1. The summed E-state index contributed by atoms with van der Waals surface area (Å²) in [5, 5.41) is 1.15. The van der Waals surface area contributed by atoms with Gasteiger partial charge in [0.15, 0.2) is 22.0 Å². The summed E-state index contributed by atoms with van der Waals surface area (Å²) >= 11 is 0.746. The third-order valence-corrected chi connectivity index (χ3v) is 7.99. The van der Waals surface area contributed by atoms with Gasteiger partial charge in [0, 0.05) is 5.56 Å². The summed E-state index contributed by atoms with van der Waals surface area (Å²) < 4.78 is 71.9. The Morgan fingerprint density at radius 1 is 0.977 bits per heavy atom. The highest BCUT2D eigenvalue weighted by atomic mass is 32.1. The van der Waals surface area contributed by atoms with Crippen LogP contribution < -0.4 is 33.8 Å².